The van der Waals surface area contributed by atoms with E-state index in [1.54, 1.807) is 7.11 Å². The Labute approximate surface area is 119 Å². The van der Waals surface area contributed by atoms with Crippen LogP contribution in [0.3, 0.4) is 0 Å². The van der Waals surface area contributed by atoms with E-state index in [9.17, 15) is 4.79 Å². The van der Waals surface area contributed by atoms with Crippen LogP contribution in [0.5, 0.6) is 5.75 Å². The summed E-state index contributed by atoms with van der Waals surface area (Å²) in [6, 6.07) is 5.86. The Morgan fingerprint density at radius 2 is 2.20 bits per heavy atom. The Balaban J connectivity index is 2.14. The molecule has 4 heteroatoms. The number of benzene rings is 1. The summed E-state index contributed by atoms with van der Waals surface area (Å²) in [6.07, 6.45) is 4.48. The minimum atomic E-state index is 0.155. The van der Waals surface area contributed by atoms with Gasteiger partial charge in [-0.25, -0.2) is 0 Å². The molecule has 1 aromatic heterocycles. The van der Waals surface area contributed by atoms with E-state index in [0.717, 1.165) is 41.6 Å². The van der Waals surface area contributed by atoms with Crippen molar-refractivity contribution in [2.24, 2.45) is 0 Å². The first-order chi connectivity index (χ1) is 9.65. The monoisotopic (exact) mass is 274 g/mol. The topological polar surface area (TPSA) is 45.3 Å². The fourth-order valence-corrected chi connectivity index (χ4v) is 2.25. The lowest BCUT2D eigenvalue weighted by Crippen LogP contribution is -2.29. The average Bonchev–Trinajstić information content (AvgIpc) is 2.86. The Bertz CT molecular complexity index is 589. The van der Waals surface area contributed by atoms with Crippen molar-refractivity contribution in [2.75, 3.05) is 20.7 Å². The summed E-state index contributed by atoms with van der Waals surface area (Å²) in [7, 11) is 3.52. The Morgan fingerprint density at radius 1 is 1.40 bits per heavy atom. The molecular weight excluding hydrogens is 252 g/mol. The predicted octanol–water partition coefficient (Wildman–Crippen LogP) is 2.98. The summed E-state index contributed by atoms with van der Waals surface area (Å²) in [5.74, 6) is 0.965. The molecule has 2 rings (SSSR count). The molecule has 0 saturated heterocycles. The number of H-pyrrole nitrogens is 1. The molecule has 4 nitrogen and oxygen atoms in total. The van der Waals surface area contributed by atoms with E-state index in [4.69, 9.17) is 4.74 Å². The fraction of sp³-hybridized carbons (Fsp3) is 0.438. The SMILES string of the molecule is CCCCN(C)C(=O)Cc1c[nH]c2ccc(OC)cc12. The van der Waals surface area contributed by atoms with Gasteiger partial charge in [-0.15, -0.1) is 0 Å². The number of fused-ring (bicyclic) bond motifs is 1. The second-order valence-corrected chi connectivity index (χ2v) is 5.07. The lowest BCUT2D eigenvalue weighted by atomic mass is 10.1. The molecule has 1 aromatic carbocycles. The molecule has 1 amide bonds. The van der Waals surface area contributed by atoms with Gasteiger partial charge in [0.1, 0.15) is 5.75 Å². The van der Waals surface area contributed by atoms with Gasteiger partial charge in [0.05, 0.1) is 13.5 Å². The van der Waals surface area contributed by atoms with Crippen LogP contribution in [0.2, 0.25) is 0 Å². The van der Waals surface area contributed by atoms with Crippen LogP contribution in [0.15, 0.2) is 24.4 Å². The first kappa shape index (κ1) is 14.4. The van der Waals surface area contributed by atoms with Gasteiger partial charge in [-0.1, -0.05) is 13.3 Å². The summed E-state index contributed by atoms with van der Waals surface area (Å²) >= 11 is 0. The number of likely N-dealkylation sites (N-methyl/N-ethyl adjacent to an activating group) is 1. The van der Waals surface area contributed by atoms with Crippen molar-refractivity contribution in [3.05, 3.63) is 30.0 Å². The molecule has 0 aliphatic carbocycles. The van der Waals surface area contributed by atoms with Gasteiger partial charge in [0, 0.05) is 30.7 Å². The third-order valence-corrected chi connectivity index (χ3v) is 3.59. The van der Waals surface area contributed by atoms with E-state index in [0.29, 0.717) is 6.42 Å². The number of amides is 1. The van der Waals surface area contributed by atoms with Crippen LogP contribution < -0.4 is 4.74 Å². The largest absolute Gasteiger partial charge is 0.497 e. The summed E-state index contributed by atoms with van der Waals surface area (Å²) in [6.45, 7) is 2.95. The zero-order valence-corrected chi connectivity index (χ0v) is 12.4. The fourth-order valence-electron chi connectivity index (χ4n) is 2.25. The highest BCUT2D eigenvalue weighted by Crippen LogP contribution is 2.24. The third kappa shape index (κ3) is 3.13. The average molecular weight is 274 g/mol. The normalized spacial score (nSPS) is 10.8. The summed E-state index contributed by atoms with van der Waals surface area (Å²) in [5.41, 5.74) is 2.05. The number of carbonyl (C=O) groups excluding carboxylic acids is 1. The molecule has 2 aromatic rings. The highest BCUT2D eigenvalue weighted by molar-refractivity contribution is 5.89. The number of methoxy groups -OCH3 is 1. The molecule has 1 heterocycles. The van der Waals surface area contributed by atoms with Gasteiger partial charge in [0.2, 0.25) is 5.91 Å². The maximum absolute atomic E-state index is 12.2. The molecular formula is C16H22N2O2. The molecule has 0 spiro atoms. The van der Waals surface area contributed by atoms with Crippen molar-refractivity contribution in [2.45, 2.75) is 26.2 Å². The molecule has 0 radical (unpaired) electrons. The van der Waals surface area contributed by atoms with Crippen LogP contribution in [-0.4, -0.2) is 36.5 Å². The predicted molar refractivity (Wildman–Crippen MR) is 81.1 cm³/mol. The first-order valence-electron chi connectivity index (χ1n) is 7.03. The second-order valence-electron chi connectivity index (χ2n) is 5.07. The number of unbranched alkanes of at least 4 members (excludes halogenated alkanes) is 1. The van der Waals surface area contributed by atoms with Gasteiger partial charge < -0.3 is 14.6 Å². The van der Waals surface area contributed by atoms with Crippen LogP contribution in [0, 0.1) is 0 Å². The van der Waals surface area contributed by atoms with Gasteiger partial charge in [-0.3, -0.25) is 4.79 Å². The smallest absolute Gasteiger partial charge is 0.226 e. The Morgan fingerprint density at radius 3 is 2.90 bits per heavy atom. The minimum absolute atomic E-state index is 0.155. The maximum atomic E-state index is 12.2. The number of nitrogens with one attached hydrogen (secondary N) is 1. The van der Waals surface area contributed by atoms with E-state index < -0.39 is 0 Å². The molecule has 0 unspecified atom stereocenters. The zero-order valence-electron chi connectivity index (χ0n) is 12.4. The summed E-state index contributed by atoms with van der Waals surface area (Å²) in [4.78, 5) is 17.2. The Hall–Kier alpha value is -1.97. The van der Waals surface area contributed by atoms with Crippen LogP contribution >= 0.6 is 0 Å². The summed E-state index contributed by atoms with van der Waals surface area (Å²) < 4.78 is 5.24. The molecule has 0 aliphatic heterocycles. The van der Waals surface area contributed by atoms with Crippen molar-refractivity contribution in [3.8, 4) is 5.75 Å². The second kappa shape index (κ2) is 6.46. The van der Waals surface area contributed by atoms with Gasteiger partial charge in [0.15, 0.2) is 0 Å². The van der Waals surface area contributed by atoms with Crippen molar-refractivity contribution < 1.29 is 9.53 Å². The molecule has 1 N–H and O–H groups in total. The van der Waals surface area contributed by atoms with E-state index in [1.807, 2.05) is 36.3 Å². The standard InChI is InChI=1S/C16H22N2O2/c1-4-5-8-18(2)16(19)9-12-11-17-15-7-6-13(20-3)10-14(12)15/h6-7,10-11,17H,4-5,8-9H2,1-3H3. The highest BCUT2D eigenvalue weighted by atomic mass is 16.5. The molecule has 20 heavy (non-hydrogen) atoms. The van der Waals surface area contributed by atoms with Gasteiger partial charge in [0.25, 0.3) is 0 Å². The van der Waals surface area contributed by atoms with E-state index in [2.05, 4.69) is 11.9 Å². The number of rotatable bonds is 6. The minimum Gasteiger partial charge on any atom is -0.497 e. The number of aromatic nitrogens is 1. The molecule has 0 fully saturated rings. The van der Waals surface area contributed by atoms with Gasteiger partial charge in [-0.05, 0) is 30.2 Å². The quantitative estimate of drug-likeness (QED) is 0.880. The number of nitrogens with zero attached hydrogens (tertiary/aromatic N) is 1. The van der Waals surface area contributed by atoms with Gasteiger partial charge in [-0.2, -0.15) is 0 Å². The van der Waals surface area contributed by atoms with Crippen molar-refractivity contribution in [1.29, 1.82) is 0 Å². The maximum Gasteiger partial charge on any atom is 0.226 e. The molecule has 0 saturated carbocycles. The third-order valence-electron chi connectivity index (χ3n) is 3.59. The van der Waals surface area contributed by atoms with E-state index in [-0.39, 0.29) is 5.91 Å². The molecule has 0 aliphatic rings. The zero-order chi connectivity index (χ0) is 14.5. The number of carbonyl (C=O) groups is 1. The van der Waals surface area contributed by atoms with E-state index in [1.165, 1.54) is 0 Å². The first-order valence-corrected chi connectivity index (χ1v) is 7.03. The highest BCUT2D eigenvalue weighted by Gasteiger charge is 2.12. The van der Waals surface area contributed by atoms with Crippen LogP contribution in [0.25, 0.3) is 10.9 Å². The van der Waals surface area contributed by atoms with Crippen molar-refractivity contribution >= 4 is 16.8 Å². The molecule has 108 valence electrons. The molecule has 0 bridgehead atoms. The number of ether oxygens (including phenoxy) is 1. The van der Waals surface area contributed by atoms with Crippen LogP contribution in [0.4, 0.5) is 0 Å². The Kier molecular flexibility index (Phi) is 4.66. The van der Waals surface area contributed by atoms with E-state index >= 15 is 0 Å². The van der Waals surface area contributed by atoms with Crippen LogP contribution in [0.1, 0.15) is 25.3 Å². The number of hydrogen-bond donors (Lipinski definition) is 1. The van der Waals surface area contributed by atoms with Crippen LogP contribution in [-0.2, 0) is 11.2 Å². The molecule has 0 atom stereocenters. The van der Waals surface area contributed by atoms with Gasteiger partial charge >= 0.3 is 0 Å². The number of hydrogen-bond acceptors (Lipinski definition) is 2. The lowest BCUT2D eigenvalue weighted by Gasteiger charge is -2.16. The summed E-state index contributed by atoms with van der Waals surface area (Å²) in [5, 5.41) is 1.06. The number of aromatic amines is 1. The van der Waals surface area contributed by atoms with Crippen molar-refractivity contribution in [3.63, 3.8) is 0 Å². The lowest BCUT2D eigenvalue weighted by molar-refractivity contribution is -0.129. The van der Waals surface area contributed by atoms with Crippen molar-refractivity contribution in [1.82, 2.24) is 9.88 Å².